The van der Waals surface area contributed by atoms with Gasteiger partial charge in [-0.2, -0.15) is 18.3 Å². The Balaban J connectivity index is 1.71. The highest BCUT2D eigenvalue weighted by Gasteiger charge is 2.41. The van der Waals surface area contributed by atoms with Crippen molar-refractivity contribution in [3.8, 4) is 22.8 Å². The predicted octanol–water partition coefficient (Wildman–Crippen LogP) is 6.48. The van der Waals surface area contributed by atoms with Gasteiger partial charge in [0.25, 0.3) is 0 Å². The van der Waals surface area contributed by atoms with Crippen molar-refractivity contribution >= 4 is 5.97 Å². The van der Waals surface area contributed by atoms with Gasteiger partial charge in [0.15, 0.2) is 11.5 Å². The van der Waals surface area contributed by atoms with E-state index in [1.807, 2.05) is 48.5 Å². The minimum Gasteiger partial charge on any atom is -0.497 e. The third-order valence-corrected chi connectivity index (χ3v) is 5.95. The Bertz CT molecular complexity index is 1380. The Morgan fingerprint density at radius 2 is 1.76 bits per heavy atom. The number of nitrogens with zero attached hydrogens (tertiary/aromatic N) is 3. The van der Waals surface area contributed by atoms with E-state index in [9.17, 15) is 18.0 Å². The van der Waals surface area contributed by atoms with Gasteiger partial charge >= 0.3 is 12.1 Å². The highest BCUT2D eigenvalue weighted by molar-refractivity contribution is 5.90. The second kappa shape index (κ2) is 10.9. The van der Waals surface area contributed by atoms with Crippen LogP contribution in [0.3, 0.4) is 0 Å². The van der Waals surface area contributed by atoms with Crippen LogP contribution in [-0.4, -0.2) is 34.5 Å². The molecule has 0 amide bonds. The molecule has 9 heteroatoms. The number of hydrogen-bond donors (Lipinski definition) is 0. The summed E-state index contributed by atoms with van der Waals surface area (Å²) in [6.07, 6.45) is -3.23. The minimum atomic E-state index is -4.85. The summed E-state index contributed by atoms with van der Waals surface area (Å²) in [5.41, 5.74) is 1.55. The van der Waals surface area contributed by atoms with Gasteiger partial charge in [-0.15, -0.1) is 0 Å². The van der Waals surface area contributed by atoms with Crippen LogP contribution in [0.5, 0.6) is 5.75 Å². The largest absolute Gasteiger partial charge is 0.497 e. The third kappa shape index (κ3) is 5.66. The molecule has 6 nitrogen and oxygen atoms in total. The molecule has 2 aromatic carbocycles. The second-order valence-electron chi connectivity index (χ2n) is 8.46. The van der Waals surface area contributed by atoms with Gasteiger partial charge in [-0.25, -0.2) is 14.5 Å². The smallest absolute Gasteiger partial charge is 0.434 e. The highest BCUT2D eigenvalue weighted by Crippen LogP contribution is 2.35. The van der Waals surface area contributed by atoms with Gasteiger partial charge < -0.3 is 9.47 Å². The molecule has 0 aliphatic rings. The van der Waals surface area contributed by atoms with Crippen molar-refractivity contribution in [1.82, 2.24) is 14.8 Å². The molecule has 0 saturated heterocycles. The molecule has 192 valence electrons. The first-order valence-corrected chi connectivity index (χ1v) is 11.7. The molecule has 0 spiro atoms. The number of ether oxygens (including phenoxy) is 2. The average Bonchev–Trinajstić information content (AvgIpc) is 3.36. The minimum absolute atomic E-state index is 0.0550. The lowest BCUT2D eigenvalue weighted by Gasteiger charge is -2.17. The maximum atomic E-state index is 14.0. The number of halogens is 3. The second-order valence-corrected chi connectivity index (χ2v) is 8.46. The number of carbonyl (C=O) groups excluding carboxylic acids is 1. The van der Waals surface area contributed by atoms with E-state index < -0.39 is 23.4 Å². The normalized spacial score (nSPS) is 12.3. The van der Waals surface area contributed by atoms with E-state index in [0.717, 1.165) is 35.1 Å². The molecular formula is C28H26F3N3O3. The summed E-state index contributed by atoms with van der Waals surface area (Å²) in [5, 5.41) is 3.84. The Labute approximate surface area is 212 Å². The molecule has 2 heterocycles. The number of pyridine rings is 1. The number of alkyl halides is 3. The number of aromatic nitrogens is 3. The Morgan fingerprint density at radius 1 is 1.03 bits per heavy atom. The molecule has 4 aromatic rings. The third-order valence-electron chi connectivity index (χ3n) is 5.95. The Kier molecular flexibility index (Phi) is 7.61. The molecule has 0 aliphatic heterocycles. The Morgan fingerprint density at radius 3 is 2.43 bits per heavy atom. The van der Waals surface area contributed by atoms with Gasteiger partial charge in [-0.3, -0.25) is 0 Å². The zero-order chi connectivity index (χ0) is 26.6. The summed E-state index contributed by atoms with van der Waals surface area (Å²) in [6, 6.07) is 20.3. The quantitative estimate of drug-likeness (QED) is 0.254. The number of hydrogen-bond acceptors (Lipinski definition) is 5. The molecule has 0 aliphatic carbocycles. The van der Waals surface area contributed by atoms with Crippen molar-refractivity contribution < 1.29 is 27.4 Å². The number of benzene rings is 2. The fourth-order valence-corrected chi connectivity index (χ4v) is 4.23. The van der Waals surface area contributed by atoms with Crippen molar-refractivity contribution in [2.24, 2.45) is 0 Å². The maximum absolute atomic E-state index is 14.0. The molecular weight excluding hydrogens is 483 g/mol. The van der Waals surface area contributed by atoms with Crippen LogP contribution >= 0.6 is 0 Å². The molecule has 0 bridgehead atoms. The number of esters is 1. The number of rotatable bonds is 8. The highest BCUT2D eigenvalue weighted by atomic mass is 19.4. The van der Waals surface area contributed by atoms with Crippen LogP contribution in [0.2, 0.25) is 0 Å². The fourth-order valence-electron chi connectivity index (χ4n) is 4.23. The molecule has 0 N–H and O–H groups in total. The summed E-state index contributed by atoms with van der Waals surface area (Å²) in [6.45, 7) is 3.56. The average molecular weight is 510 g/mol. The number of carbonyl (C=O) groups is 1. The monoisotopic (exact) mass is 509 g/mol. The molecule has 1 unspecified atom stereocenters. The van der Waals surface area contributed by atoms with Crippen LogP contribution < -0.4 is 4.74 Å². The summed E-state index contributed by atoms with van der Waals surface area (Å²) in [7, 11) is 1.62. The van der Waals surface area contributed by atoms with Crippen LogP contribution in [0.4, 0.5) is 13.2 Å². The molecule has 37 heavy (non-hydrogen) atoms. The van der Waals surface area contributed by atoms with Gasteiger partial charge in [-0.1, -0.05) is 49.4 Å². The van der Waals surface area contributed by atoms with Crippen LogP contribution in [0.25, 0.3) is 17.1 Å². The zero-order valence-corrected chi connectivity index (χ0v) is 20.6. The lowest BCUT2D eigenvalue weighted by molar-refractivity contribution is -0.143. The van der Waals surface area contributed by atoms with E-state index in [1.54, 1.807) is 19.2 Å². The van der Waals surface area contributed by atoms with Crippen molar-refractivity contribution in [3.63, 3.8) is 0 Å². The van der Waals surface area contributed by atoms with E-state index in [4.69, 9.17) is 9.47 Å². The summed E-state index contributed by atoms with van der Waals surface area (Å²) < 4.78 is 52.6. The van der Waals surface area contributed by atoms with Gasteiger partial charge in [0.2, 0.25) is 0 Å². The molecule has 0 fully saturated rings. The van der Waals surface area contributed by atoms with Crippen LogP contribution in [-0.2, 0) is 17.3 Å². The predicted molar refractivity (Wildman–Crippen MR) is 133 cm³/mol. The molecule has 4 rings (SSSR count). The van der Waals surface area contributed by atoms with Crippen molar-refractivity contribution in [1.29, 1.82) is 0 Å². The standard InChI is InChI=1S/C28H26F3N3O3/c1-4-37-27(35)23-17-32-34(26(23)28(29,30)31)25-11-7-10-24(33-25)22-9-6-5-8-21(22)18(2)16-19-12-14-20(36-3)15-13-19/h5-15,17-18H,4,16H2,1-3H3. The summed E-state index contributed by atoms with van der Waals surface area (Å²) >= 11 is 0. The van der Waals surface area contributed by atoms with Crippen LogP contribution in [0.15, 0.2) is 72.9 Å². The number of methoxy groups -OCH3 is 1. The first-order valence-electron chi connectivity index (χ1n) is 11.7. The lowest BCUT2D eigenvalue weighted by atomic mass is 9.89. The van der Waals surface area contributed by atoms with Crippen molar-refractivity contribution in [2.45, 2.75) is 32.4 Å². The first-order chi connectivity index (χ1) is 17.7. The van der Waals surface area contributed by atoms with Gasteiger partial charge in [0.05, 0.1) is 25.6 Å². The Hall–Kier alpha value is -4.14. The van der Waals surface area contributed by atoms with E-state index in [1.165, 1.54) is 13.0 Å². The molecule has 0 radical (unpaired) electrons. The zero-order valence-electron chi connectivity index (χ0n) is 20.6. The van der Waals surface area contributed by atoms with E-state index >= 15 is 0 Å². The maximum Gasteiger partial charge on any atom is 0.434 e. The van der Waals surface area contributed by atoms with E-state index in [2.05, 4.69) is 17.0 Å². The lowest BCUT2D eigenvalue weighted by Crippen LogP contribution is -2.19. The van der Waals surface area contributed by atoms with Gasteiger partial charge in [0.1, 0.15) is 11.3 Å². The van der Waals surface area contributed by atoms with Crippen LogP contribution in [0, 0.1) is 0 Å². The molecule has 2 aromatic heterocycles. The first kappa shape index (κ1) is 25.9. The topological polar surface area (TPSA) is 66.2 Å². The van der Waals surface area contributed by atoms with Crippen molar-refractivity contribution in [2.75, 3.05) is 13.7 Å². The van der Waals surface area contributed by atoms with Gasteiger partial charge in [0, 0.05) is 5.56 Å². The van der Waals surface area contributed by atoms with E-state index in [-0.39, 0.29) is 18.3 Å². The summed E-state index contributed by atoms with van der Waals surface area (Å²) in [5.74, 6) is -0.269. The van der Waals surface area contributed by atoms with E-state index in [0.29, 0.717) is 10.4 Å². The molecule has 0 saturated carbocycles. The summed E-state index contributed by atoms with van der Waals surface area (Å²) in [4.78, 5) is 16.7. The van der Waals surface area contributed by atoms with Crippen LogP contribution in [0.1, 0.15) is 46.9 Å². The van der Waals surface area contributed by atoms with Crippen molar-refractivity contribution in [3.05, 3.63) is 95.3 Å². The van der Waals surface area contributed by atoms with Gasteiger partial charge in [-0.05, 0) is 54.7 Å². The fraction of sp³-hybridized carbons (Fsp3) is 0.250. The SMILES string of the molecule is CCOC(=O)c1cnn(-c2cccc(-c3ccccc3C(C)Cc3ccc(OC)cc3)n2)c1C(F)(F)F. The molecule has 1 atom stereocenters.